The SMILES string of the molecule is Cc1c(N=Cc2c(O)c(C(C)(C)C)cc3oc4c(c23)CCCC4)c(=O)n(-c2ccccc2)n1C. The van der Waals surface area contributed by atoms with Crippen LogP contribution in [0.25, 0.3) is 16.7 Å². The van der Waals surface area contributed by atoms with E-state index in [0.717, 1.165) is 64.9 Å². The largest absolute Gasteiger partial charge is 0.507 e. The fraction of sp³-hybridized carbons (Fsp3) is 0.357. The molecular weight excluding hydrogens is 426 g/mol. The van der Waals surface area contributed by atoms with Crippen molar-refractivity contribution in [2.45, 2.75) is 58.8 Å². The molecule has 0 amide bonds. The van der Waals surface area contributed by atoms with Gasteiger partial charge in [-0.1, -0.05) is 39.0 Å². The fourth-order valence-electron chi connectivity index (χ4n) is 4.98. The van der Waals surface area contributed by atoms with E-state index in [9.17, 15) is 9.90 Å². The quantitative estimate of drug-likeness (QED) is 0.392. The van der Waals surface area contributed by atoms with Crippen molar-refractivity contribution >= 4 is 22.9 Å². The molecule has 34 heavy (non-hydrogen) atoms. The number of aromatic hydroxyl groups is 1. The Morgan fingerprint density at radius 2 is 1.82 bits per heavy atom. The van der Waals surface area contributed by atoms with Crippen molar-refractivity contribution in [1.29, 1.82) is 0 Å². The lowest BCUT2D eigenvalue weighted by molar-refractivity contribution is 0.446. The summed E-state index contributed by atoms with van der Waals surface area (Å²) in [4.78, 5) is 18.0. The summed E-state index contributed by atoms with van der Waals surface area (Å²) in [5.41, 5.74) is 4.79. The van der Waals surface area contributed by atoms with Crippen LogP contribution >= 0.6 is 0 Å². The Labute approximate surface area is 199 Å². The summed E-state index contributed by atoms with van der Waals surface area (Å²) in [6.07, 6.45) is 5.68. The second kappa shape index (κ2) is 8.05. The molecule has 0 saturated carbocycles. The molecule has 6 heteroatoms. The zero-order valence-corrected chi connectivity index (χ0v) is 20.5. The van der Waals surface area contributed by atoms with Crippen LogP contribution in [-0.4, -0.2) is 20.7 Å². The van der Waals surface area contributed by atoms with E-state index >= 15 is 0 Å². The highest BCUT2D eigenvalue weighted by molar-refractivity contribution is 6.04. The lowest BCUT2D eigenvalue weighted by Crippen LogP contribution is -2.19. The van der Waals surface area contributed by atoms with Gasteiger partial charge in [-0.3, -0.25) is 9.48 Å². The van der Waals surface area contributed by atoms with Crippen LogP contribution in [0.3, 0.4) is 0 Å². The maximum Gasteiger partial charge on any atom is 0.297 e. The van der Waals surface area contributed by atoms with Crippen molar-refractivity contribution in [3.63, 3.8) is 0 Å². The van der Waals surface area contributed by atoms with Gasteiger partial charge in [0.15, 0.2) is 5.69 Å². The number of nitrogens with zero attached hydrogens (tertiary/aromatic N) is 3. The maximum atomic E-state index is 13.3. The standard InChI is InChI=1S/C28H31N3O3/c1-17-25(27(33)31(30(17)5)18-11-7-6-8-12-18)29-16-20-24-19-13-9-10-14-22(19)34-23(24)15-21(26(20)32)28(2,3)4/h6-8,11-12,15-16,32H,9-10,13-14H2,1-5H3. The number of furan rings is 1. The van der Waals surface area contributed by atoms with Gasteiger partial charge in [-0.2, -0.15) is 0 Å². The molecule has 0 unspecified atom stereocenters. The van der Waals surface area contributed by atoms with Gasteiger partial charge in [-0.25, -0.2) is 9.67 Å². The van der Waals surface area contributed by atoms with Gasteiger partial charge >= 0.3 is 0 Å². The number of rotatable bonds is 3. The van der Waals surface area contributed by atoms with E-state index in [-0.39, 0.29) is 16.7 Å². The van der Waals surface area contributed by atoms with Crippen molar-refractivity contribution in [3.8, 4) is 11.4 Å². The Morgan fingerprint density at radius 3 is 2.53 bits per heavy atom. The van der Waals surface area contributed by atoms with Crippen LogP contribution in [0.4, 0.5) is 5.69 Å². The number of phenolic OH excluding ortho intramolecular Hbond substituents is 1. The van der Waals surface area contributed by atoms with Crippen LogP contribution in [0.5, 0.6) is 5.75 Å². The zero-order valence-electron chi connectivity index (χ0n) is 20.5. The molecule has 1 aliphatic carbocycles. The molecule has 0 atom stereocenters. The molecule has 0 spiro atoms. The summed E-state index contributed by atoms with van der Waals surface area (Å²) in [5, 5.41) is 12.3. The lowest BCUT2D eigenvalue weighted by Gasteiger charge is -2.21. The first-order valence-electron chi connectivity index (χ1n) is 11.9. The lowest BCUT2D eigenvalue weighted by atomic mass is 9.83. The Bertz CT molecular complexity index is 1480. The van der Waals surface area contributed by atoms with E-state index in [1.807, 2.05) is 55.1 Å². The number of aryl methyl sites for hydroxylation is 2. The van der Waals surface area contributed by atoms with Crippen LogP contribution in [0.15, 0.2) is 50.6 Å². The van der Waals surface area contributed by atoms with Crippen molar-refractivity contribution in [1.82, 2.24) is 9.36 Å². The number of benzene rings is 2. The van der Waals surface area contributed by atoms with E-state index in [4.69, 9.17) is 4.42 Å². The topological polar surface area (TPSA) is 72.7 Å². The van der Waals surface area contributed by atoms with Crippen molar-refractivity contribution in [2.24, 2.45) is 12.0 Å². The van der Waals surface area contributed by atoms with Gasteiger partial charge in [-0.15, -0.1) is 0 Å². The highest BCUT2D eigenvalue weighted by atomic mass is 16.3. The van der Waals surface area contributed by atoms with Gasteiger partial charge < -0.3 is 9.52 Å². The highest BCUT2D eigenvalue weighted by Crippen LogP contribution is 2.42. The average Bonchev–Trinajstić information content (AvgIpc) is 3.27. The van der Waals surface area contributed by atoms with Gasteiger partial charge in [-0.05, 0) is 49.8 Å². The minimum atomic E-state index is -0.281. The van der Waals surface area contributed by atoms with E-state index < -0.39 is 0 Å². The van der Waals surface area contributed by atoms with Crippen LogP contribution in [0.2, 0.25) is 0 Å². The predicted octanol–water partition coefficient (Wildman–Crippen LogP) is 5.86. The average molecular weight is 458 g/mol. The summed E-state index contributed by atoms with van der Waals surface area (Å²) < 4.78 is 9.68. The summed E-state index contributed by atoms with van der Waals surface area (Å²) in [6, 6.07) is 11.5. The van der Waals surface area contributed by atoms with Crippen molar-refractivity contribution in [3.05, 3.63) is 74.9 Å². The van der Waals surface area contributed by atoms with Crippen molar-refractivity contribution < 1.29 is 9.52 Å². The van der Waals surface area contributed by atoms with Gasteiger partial charge in [0.1, 0.15) is 17.1 Å². The Balaban J connectivity index is 1.72. The summed E-state index contributed by atoms with van der Waals surface area (Å²) in [6.45, 7) is 8.08. The molecule has 2 aromatic carbocycles. The molecule has 0 fully saturated rings. The number of fused-ring (bicyclic) bond motifs is 3. The minimum Gasteiger partial charge on any atom is -0.507 e. The smallest absolute Gasteiger partial charge is 0.297 e. The molecule has 6 nitrogen and oxygen atoms in total. The molecule has 1 N–H and O–H groups in total. The molecule has 2 aromatic heterocycles. The summed E-state index contributed by atoms with van der Waals surface area (Å²) in [7, 11) is 1.85. The first kappa shape index (κ1) is 22.3. The summed E-state index contributed by atoms with van der Waals surface area (Å²) in [5.74, 6) is 1.21. The Kier molecular flexibility index (Phi) is 5.27. The van der Waals surface area contributed by atoms with E-state index in [2.05, 4.69) is 25.8 Å². The molecule has 1 aliphatic rings. The van der Waals surface area contributed by atoms with Crippen LogP contribution < -0.4 is 5.56 Å². The van der Waals surface area contributed by atoms with Gasteiger partial charge in [0.25, 0.3) is 5.56 Å². The third kappa shape index (κ3) is 3.49. The van der Waals surface area contributed by atoms with Gasteiger partial charge in [0.05, 0.1) is 11.4 Å². The second-order valence-corrected chi connectivity index (χ2v) is 10.2. The normalized spacial score (nSPS) is 14.3. The third-order valence-corrected chi connectivity index (χ3v) is 6.91. The number of hydrogen-bond acceptors (Lipinski definition) is 4. The second-order valence-electron chi connectivity index (χ2n) is 10.2. The third-order valence-electron chi connectivity index (χ3n) is 6.91. The van der Waals surface area contributed by atoms with E-state index in [1.165, 1.54) is 0 Å². The Hall–Kier alpha value is -3.54. The molecule has 4 aromatic rings. The van der Waals surface area contributed by atoms with Crippen LogP contribution in [0, 0.1) is 6.92 Å². The highest BCUT2D eigenvalue weighted by Gasteiger charge is 2.27. The number of para-hydroxylation sites is 1. The molecule has 0 radical (unpaired) electrons. The fourth-order valence-corrected chi connectivity index (χ4v) is 4.98. The van der Waals surface area contributed by atoms with Crippen LogP contribution in [-0.2, 0) is 25.3 Å². The first-order valence-corrected chi connectivity index (χ1v) is 11.9. The van der Waals surface area contributed by atoms with Crippen molar-refractivity contribution in [2.75, 3.05) is 0 Å². The first-order chi connectivity index (χ1) is 16.2. The predicted molar refractivity (Wildman–Crippen MR) is 136 cm³/mol. The number of aliphatic imine (C=N–C) groups is 1. The molecule has 0 bridgehead atoms. The number of hydrogen-bond donors (Lipinski definition) is 1. The van der Waals surface area contributed by atoms with Gasteiger partial charge in [0, 0.05) is 41.8 Å². The van der Waals surface area contributed by atoms with E-state index in [1.54, 1.807) is 10.9 Å². The molecule has 0 aliphatic heterocycles. The zero-order chi connectivity index (χ0) is 24.2. The summed E-state index contributed by atoms with van der Waals surface area (Å²) >= 11 is 0. The Morgan fingerprint density at radius 1 is 1.12 bits per heavy atom. The maximum absolute atomic E-state index is 13.3. The molecule has 5 rings (SSSR count). The molecular formula is C28H31N3O3. The monoisotopic (exact) mass is 457 g/mol. The van der Waals surface area contributed by atoms with Gasteiger partial charge in [0.2, 0.25) is 0 Å². The van der Waals surface area contributed by atoms with E-state index in [0.29, 0.717) is 11.3 Å². The molecule has 2 heterocycles. The van der Waals surface area contributed by atoms with Crippen LogP contribution in [0.1, 0.15) is 61.8 Å². The number of phenols is 1. The number of aromatic nitrogens is 2. The molecule has 176 valence electrons. The molecule has 0 saturated heterocycles. The minimum absolute atomic E-state index is 0.195.